The minimum absolute atomic E-state index is 0.241. The van der Waals surface area contributed by atoms with Crippen molar-refractivity contribution in [2.24, 2.45) is 0 Å². The van der Waals surface area contributed by atoms with Gasteiger partial charge in [0.25, 0.3) is 11.8 Å². The molecule has 1 aromatic carbocycles. The van der Waals surface area contributed by atoms with Gasteiger partial charge in [-0.25, -0.2) is 9.69 Å². The van der Waals surface area contributed by atoms with E-state index in [0.29, 0.717) is 0 Å². The molecule has 1 unspecified atom stereocenters. The summed E-state index contributed by atoms with van der Waals surface area (Å²) in [6.07, 6.45) is -5.30. The summed E-state index contributed by atoms with van der Waals surface area (Å²) >= 11 is 0. The highest BCUT2D eigenvalue weighted by molar-refractivity contribution is 6.23. The third-order valence-electron chi connectivity index (χ3n) is 3.21. The third-order valence-corrected chi connectivity index (χ3v) is 3.21. The Morgan fingerprint density at radius 1 is 1.10 bits per heavy atom. The van der Waals surface area contributed by atoms with Gasteiger partial charge in [0.05, 0.1) is 11.1 Å². The zero-order chi connectivity index (χ0) is 15.3. The van der Waals surface area contributed by atoms with Crippen molar-refractivity contribution in [1.82, 2.24) is 4.90 Å². The topological polar surface area (TPSA) is 74.7 Å². The summed E-state index contributed by atoms with van der Waals surface area (Å²) in [7, 11) is 0. The van der Waals surface area contributed by atoms with Gasteiger partial charge in [0, 0.05) is 0 Å². The van der Waals surface area contributed by atoms with Gasteiger partial charge in [0.15, 0.2) is 0 Å². The fourth-order valence-electron chi connectivity index (χ4n) is 1.94. The van der Waals surface area contributed by atoms with E-state index in [4.69, 9.17) is 5.11 Å². The van der Waals surface area contributed by atoms with Crippen molar-refractivity contribution >= 4 is 17.8 Å². The van der Waals surface area contributed by atoms with Gasteiger partial charge in [-0.1, -0.05) is 12.1 Å². The average molecular weight is 287 g/mol. The normalized spacial score (nSPS) is 17.9. The molecule has 1 heterocycles. The number of hydrogen-bond donors (Lipinski definition) is 1. The number of alkyl halides is 3. The molecule has 1 atom stereocenters. The molecule has 2 amide bonds. The van der Waals surface area contributed by atoms with Gasteiger partial charge in [-0.2, -0.15) is 13.2 Å². The monoisotopic (exact) mass is 287 g/mol. The minimum atomic E-state index is -5.30. The standard InChI is InChI=1S/C12H8F3NO4/c1-11(10(19)20,12(13,14)15)16-8(17)6-4-2-3-5-7(6)9(16)18/h2-5H,1H3,(H,19,20). The minimum Gasteiger partial charge on any atom is -0.479 e. The number of nitrogens with zero attached hydrogens (tertiary/aromatic N) is 1. The zero-order valence-corrected chi connectivity index (χ0v) is 10.1. The predicted molar refractivity (Wildman–Crippen MR) is 59.0 cm³/mol. The maximum atomic E-state index is 13.0. The largest absolute Gasteiger partial charge is 0.479 e. The summed E-state index contributed by atoms with van der Waals surface area (Å²) < 4.78 is 39.1. The van der Waals surface area contributed by atoms with E-state index in [-0.39, 0.29) is 23.0 Å². The molecular formula is C12H8F3NO4. The first-order valence-electron chi connectivity index (χ1n) is 5.40. The second-order valence-corrected chi connectivity index (χ2v) is 4.37. The number of fused-ring (bicyclic) bond motifs is 1. The van der Waals surface area contributed by atoms with Crippen LogP contribution >= 0.6 is 0 Å². The Hall–Kier alpha value is -2.38. The second-order valence-electron chi connectivity index (χ2n) is 4.37. The fraction of sp³-hybridized carbons (Fsp3) is 0.250. The van der Waals surface area contributed by atoms with Crippen molar-refractivity contribution in [2.75, 3.05) is 0 Å². The molecular weight excluding hydrogens is 279 g/mol. The lowest BCUT2D eigenvalue weighted by Gasteiger charge is -2.34. The predicted octanol–water partition coefficient (Wildman–Crippen LogP) is 1.69. The van der Waals surface area contributed by atoms with Gasteiger partial charge in [-0.3, -0.25) is 9.59 Å². The summed E-state index contributed by atoms with van der Waals surface area (Å²) in [6, 6.07) is 5.10. The van der Waals surface area contributed by atoms with Crippen molar-refractivity contribution in [3.63, 3.8) is 0 Å². The second kappa shape index (κ2) is 4.06. The van der Waals surface area contributed by atoms with Crippen molar-refractivity contribution in [1.29, 1.82) is 0 Å². The van der Waals surface area contributed by atoms with Crippen LogP contribution in [0, 0.1) is 0 Å². The lowest BCUT2D eigenvalue weighted by molar-refractivity contribution is -0.219. The van der Waals surface area contributed by atoms with E-state index in [9.17, 15) is 27.6 Å². The first-order valence-corrected chi connectivity index (χ1v) is 5.40. The number of carbonyl (C=O) groups is 3. The number of halogens is 3. The summed E-state index contributed by atoms with van der Waals surface area (Å²) in [4.78, 5) is 34.7. The van der Waals surface area contributed by atoms with E-state index in [0.717, 1.165) is 0 Å². The number of carboxylic acid groups (broad SMARTS) is 1. The van der Waals surface area contributed by atoms with Crippen LogP contribution in [0.2, 0.25) is 0 Å². The highest BCUT2D eigenvalue weighted by atomic mass is 19.4. The molecule has 1 aliphatic heterocycles. The van der Waals surface area contributed by atoms with E-state index >= 15 is 0 Å². The molecule has 1 N–H and O–H groups in total. The first kappa shape index (κ1) is 14.0. The highest BCUT2D eigenvalue weighted by Gasteiger charge is 2.66. The molecule has 1 aliphatic rings. The van der Waals surface area contributed by atoms with Crippen molar-refractivity contribution in [3.8, 4) is 0 Å². The number of hydrogen-bond acceptors (Lipinski definition) is 3. The Kier molecular flexibility index (Phi) is 2.85. The molecule has 0 fully saturated rings. The molecule has 0 saturated carbocycles. The maximum Gasteiger partial charge on any atom is 0.422 e. The van der Waals surface area contributed by atoms with E-state index in [1.54, 1.807) is 0 Å². The number of benzene rings is 1. The maximum absolute atomic E-state index is 13.0. The van der Waals surface area contributed by atoms with E-state index in [2.05, 4.69) is 0 Å². The molecule has 1 aromatic rings. The van der Waals surface area contributed by atoms with Crippen molar-refractivity contribution < 1.29 is 32.7 Å². The molecule has 2 rings (SSSR count). The van der Waals surface area contributed by atoms with Gasteiger partial charge < -0.3 is 5.11 Å². The summed E-state index contributed by atoms with van der Waals surface area (Å²) in [6.45, 7) is 0.289. The summed E-state index contributed by atoms with van der Waals surface area (Å²) in [5, 5.41) is 8.88. The third kappa shape index (κ3) is 1.60. The van der Waals surface area contributed by atoms with Crippen LogP contribution in [-0.4, -0.2) is 39.5 Å². The van der Waals surface area contributed by atoms with Crippen LogP contribution in [0.1, 0.15) is 27.6 Å². The van der Waals surface area contributed by atoms with E-state index < -0.39 is 29.5 Å². The van der Waals surface area contributed by atoms with Gasteiger partial charge in [0.1, 0.15) is 0 Å². The highest BCUT2D eigenvalue weighted by Crippen LogP contribution is 2.40. The van der Waals surface area contributed by atoms with Crippen LogP contribution < -0.4 is 0 Å². The van der Waals surface area contributed by atoms with Crippen LogP contribution in [0.3, 0.4) is 0 Å². The van der Waals surface area contributed by atoms with E-state index in [1.165, 1.54) is 24.3 Å². The Bertz CT molecular complexity index is 590. The molecule has 20 heavy (non-hydrogen) atoms. The van der Waals surface area contributed by atoms with Crippen LogP contribution in [0.15, 0.2) is 24.3 Å². The molecule has 0 aromatic heterocycles. The molecule has 0 aliphatic carbocycles. The van der Waals surface area contributed by atoms with Crippen LogP contribution in [0.5, 0.6) is 0 Å². The van der Waals surface area contributed by atoms with Crippen molar-refractivity contribution in [2.45, 2.75) is 18.6 Å². The van der Waals surface area contributed by atoms with Gasteiger partial charge in [0.2, 0.25) is 5.54 Å². The Labute approximate surface area is 110 Å². The molecule has 0 saturated heterocycles. The lowest BCUT2D eigenvalue weighted by Crippen LogP contribution is -2.63. The number of amides is 2. The number of rotatable bonds is 2. The van der Waals surface area contributed by atoms with Crippen molar-refractivity contribution in [3.05, 3.63) is 35.4 Å². The zero-order valence-electron chi connectivity index (χ0n) is 10.1. The van der Waals surface area contributed by atoms with Gasteiger partial charge >= 0.3 is 12.1 Å². The van der Waals surface area contributed by atoms with Gasteiger partial charge in [-0.15, -0.1) is 0 Å². The number of carboxylic acids is 1. The SMILES string of the molecule is CC(C(=O)O)(N1C(=O)c2ccccc2C1=O)C(F)(F)F. The molecule has 5 nitrogen and oxygen atoms in total. The lowest BCUT2D eigenvalue weighted by atomic mass is 9.99. The number of imide groups is 1. The van der Waals surface area contributed by atoms with Gasteiger partial charge in [-0.05, 0) is 19.1 Å². The molecule has 0 spiro atoms. The number of carbonyl (C=O) groups excluding carboxylic acids is 2. The summed E-state index contributed by atoms with van der Waals surface area (Å²) in [5.41, 5.74) is -4.09. The Morgan fingerprint density at radius 2 is 1.50 bits per heavy atom. The van der Waals surface area contributed by atoms with E-state index in [1.807, 2.05) is 0 Å². The molecule has 8 heteroatoms. The quantitative estimate of drug-likeness (QED) is 0.840. The average Bonchev–Trinajstić information content (AvgIpc) is 2.60. The molecule has 0 bridgehead atoms. The number of aliphatic carboxylic acids is 1. The Balaban J connectivity index is 2.63. The molecule has 106 valence electrons. The Morgan fingerprint density at radius 3 is 1.80 bits per heavy atom. The van der Waals surface area contributed by atoms with Crippen LogP contribution in [0.4, 0.5) is 13.2 Å². The first-order chi connectivity index (χ1) is 9.12. The summed E-state index contributed by atoms with van der Waals surface area (Å²) in [5.74, 6) is -4.86. The molecule has 0 radical (unpaired) electrons. The smallest absolute Gasteiger partial charge is 0.422 e. The fourth-order valence-corrected chi connectivity index (χ4v) is 1.94. The van der Waals surface area contributed by atoms with Crippen LogP contribution in [-0.2, 0) is 4.79 Å². The van der Waals surface area contributed by atoms with Crippen LogP contribution in [0.25, 0.3) is 0 Å².